The van der Waals surface area contributed by atoms with Crippen molar-refractivity contribution in [3.05, 3.63) is 48.0 Å². The van der Waals surface area contributed by atoms with Crippen LogP contribution in [0.4, 0.5) is 0 Å². The van der Waals surface area contributed by atoms with Crippen molar-refractivity contribution in [2.75, 3.05) is 0 Å². The Kier molecular flexibility index (Phi) is 2.33. The Balaban J connectivity index is 2.13. The predicted molar refractivity (Wildman–Crippen MR) is 52.4 cm³/mol. The molecule has 3 nitrogen and oxygen atoms in total. The summed E-state index contributed by atoms with van der Waals surface area (Å²) in [5, 5.41) is 0. The summed E-state index contributed by atoms with van der Waals surface area (Å²) in [6, 6.07) is 9.31. The first-order valence-corrected chi connectivity index (χ1v) is 4.47. The first kappa shape index (κ1) is 8.97. The second kappa shape index (κ2) is 3.64. The van der Waals surface area contributed by atoms with Crippen LogP contribution in [0.1, 0.15) is 11.6 Å². The van der Waals surface area contributed by atoms with E-state index < -0.39 is 0 Å². The molecule has 0 fully saturated rings. The fraction of sp³-hybridized carbons (Fsp3) is 0.182. The van der Waals surface area contributed by atoms with Crippen LogP contribution >= 0.6 is 0 Å². The van der Waals surface area contributed by atoms with E-state index in [1.165, 1.54) is 6.08 Å². The summed E-state index contributed by atoms with van der Waals surface area (Å²) in [5.74, 6) is -0.318. The molecule has 0 aromatic heterocycles. The number of cyclic esters (lactones) is 1. The van der Waals surface area contributed by atoms with Gasteiger partial charge in [-0.1, -0.05) is 30.3 Å². The van der Waals surface area contributed by atoms with E-state index in [0.29, 0.717) is 0 Å². The predicted octanol–water partition coefficient (Wildman–Crippen LogP) is 1.17. The van der Waals surface area contributed by atoms with Gasteiger partial charge in [-0.15, -0.1) is 0 Å². The van der Waals surface area contributed by atoms with Gasteiger partial charge in [0.1, 0.15) is 6.10 Å². The van der Waals surface area contributed by atoms with Crippen LogP contribution in [0.3, 0.4) is 0 Å². The van der Waals surface area contributed by atoms with Crippen LogP contribution < -0.4 is 5.73 Å². The van der Waals surface area contributed by atoms with Gasteiger partial charge in [-0.2, -0.15) is 0 Å². The van der Waals surface area contributed by atoms with Crippen molar-refractivity contribution in [3.8, 4) is 0 Å². The van der Waals surface area contributed by atoms with E-state index >= 15 is 0 Å². The highest BCUT2D eigenvalue weighted by Gasteiger charge is 2.24. The summed E-state index contributed by atoms with van der Waals surface area (Å²) in [6.07, 6.45) is 2.78. The summed E-state index contributed by atoms with van der Waals surface area (Å²) in [4.78, 5) is 10.8. The van der Waals surface area contributed by atoms with Gasteiger partial charge in [0, 0.05) is 6.08 Å². The molecule has 72 valence electrons. The quantitative estimate of drug-likeness (QED) is 0.710. The maximum atomic E-state index is 10.8. The fourth-order valence-corrected chi connectivity index (χ4v) is 1.44. The Morgan fingerprint density at radius 1 is 1.29 bits per heavy atom. The highest BCUT2D eigenvalue weighted by molar-refractivity contribution is 5.84. The molecule has 2 rings (SSSR count). The number of nitrogens with two attached hydrogens (primary N) is 1. The smallest absolute Gasteiger partial charge is 0.331 e. The summed E-state index contributed by atoms with van der Waals surface area (Å²) in [7, 11) is 0. The van der Waals surface area contributed by atoms with Gasteiger partial charge in [0.05, 0.1) is 6.04 Å². The first-order chi connectivity index (χ1) is 6.77. The van der Waals surface area contributed by atoms with Crippen LogP contribution in [0.25, 0.3) is 0 Å². The zero-order valence-electron chi connectivity index (χ0n) is 7.59. The standard InChI is InChI=1S/C11H11NO2/c12-11(8-4-2-1-3-5-8)9-6-7-10(13)14-9/h1-7,9,11H,12H2. The number of rotatable bonds is 2. The van der Waals surface area contributed by atoms with Crippen molar-refractivity contribution in [2.24, 2.45) is 5.73 Å². The van der Waals surface area contributed by atoms with Crippen molar-refractivity contribution in [3.63, 3.8) is 0 Å². The second-order valence-corrected chi connectivity index (χ2v) is 3.20. The molecule has 0 amide bonds. The number of carbonyl (C=O) groups is 1. The highest BCUT2D eigenvalue weighted by Crippen LogP contribution is 2.20. The summed E-state index contributed by atoms with van der Waals surface area (Å²) in [6.45, 7) is 0. The number of esters is 1. The number of ether oxygens (including phenoxy) is 1. The zero-order valence-corrected chi connectivity index (χ0v) is 7.59. The Hall–Kier alpha value is -1.61. The van der Waals surface area contributed by atoms with Gasteiger partial charge in [-0.3, -0.25) is 0 Å². The van der Waals surface area contributed by atoms with Gasteiger partial charge >= 0.3 is 5.97 Å². The molecule has 0 bridgehead atoms. The van der Waals surface area contributed by atoms with E-state index in [0.717, 1.165) is 5.56 Å². The van der Waals surface area contributed by atoms with Crippen molar-refractivity contribution in [1.29, 1.82) is 0 Å². The van der Waals surface area contributed by atoms with E-state index in [4.69, 9.17) is 10.5 Å². The van der Waals surface area contributed by atoms with E-state index in [-0.39, 0.29) is 18.1 Å². The molecule has 2 atom stereocenters. The van der Waals surface area contributed by atoms with Crippen LogP contribution in [-0.4, -0.2) is 12.1 Å². The molecular weight excluding hydrogens is 178 g/mol. The molecule has 1 aliphatic heterocycles. The molecule has 1 aliphatic rings. The minimum atomic E-state index is -0.329. The molecule has 0 radical (unpaired) electrons. The van der Waals surface area contributed by atoms with Crippen molar-refractivity contribution < 1.29 is 9.53 Å². The SMILES string of the molecule is NC(c1ccccc1)C1C=CC(=O)O1. The first-order valence-electron chi connectivity index (χ1n) is 4.47. The molecule has 3 heteroatoms. The molecular formula is C11H11NO2. The Morgan fingerprint density at radius 2 is 2.00 bits per heavy atom. The van der Waals surface area contributed by atoms with Crippen molar-refractivity contribution in [1.82, 2.24) is 0 Å². The summed E-state index contributed by atoms with van der Waals surface area (Å²) < 4.78 is 5.00. The molecule has 2 N–H and O–H groups in total. The topological polar surface area (TPSA) is 52.3 Å². The minimum Gasteiger partial charge on any atom is -0.453 e. The lowest BCUT2D eigenvalue weighted by Crippen LogP contribution is -2.25. The molecule has 2 unspecified atom stereocenters. The molecule has 0 spiro atoms. The number of hydrogen-bond acceptors (Lipinski definition) is 3. The van der Waals surface area contributed by atoms with E-state index in [1.54, 1.807) is 6.08 Å². The number of carbonyl (C=O) groups excluding carboxylic acids is 1. The number of benzene rings is 1. The molecule has 14 heavy (non-hydrogen) atoms. The van der Waals surface area contributed by atoms with Crippen LogP contribution in [-0.2, 0) is 9.53 Å². The van der Waals surface area contributed by atoms with Crippen LogP contribution in [0.15, 0.2) is 42.5 Å². The molecule has 1 aromatic carbocycles. The highest BCUT2D eigenvalue weighted by atomic mass is 16.5. The third kappa shape index (κ3) is 1.67. The average Bonchev–Trinajstić information content (AvgIpc) is 2.65. The third-order valence-corrected chi connectivity index (χ3v) is 2.21. The average molecular weight is 189 g/mol. The van der Waals surface area contributed by atoms with Crippen molar-refractivity contribution >= 4 is 5.97 Å². The van der Waals surface area contributed by atoms with Gasteiger partial charge in [0.15, 0.2) is 0 Å². The monoisotopic (exact) mass is 189 g/mol. The second-order valence-electron chi connectivity index (χ2n) is 3.20. The van der Waals surface area contributed by atoms with Gasteiger partial charge in [0.25, 0.3) is 0 Å². The Labute approximate surface area is 82.2 Å². The van der Waals surface area contributed by atoms with Crippen LogP contribution in [0.5, 0.6) is 0 Å². The lowest BCUT2D eigenvalue weighted by molar-refractivity contribution is -0.139. The van der Waals surface area contributed by atoms with E-state index in [9.17, 15) is 4.79 Å². The van der Waals surface area contributed by atoms with Crippen molar-refractivity contribution in [2.45, 2.75) is 12.1 Å². The fourth-order valence-electron chi connectivity index (χ4n) is 1.44. The largest absolute Gasteiger partial charge is 0.453 e. The third-order valence-electron chi connectivity index (χ3n) is 2.21. The van der Waals surface area contributed by atoms with Gasteiger partial charge < -0.3 is 10.5 Å². The molecule has 1 heterocycles. The maximum Gasteiger partial charge on any atom is 0.331 e. The zero-order chi connectivity index (χ0) is 9.97. The molecule has 0 saturated heterocycles. The summed E-state index contributed by atoms with van der Waals surface area (Å²) >= 11 is 0. The van der Waals surface area contributed by atoms with Gasteiger partial charge in [-0.05, 0) is 11.6 Å². The van der Waals surface area contributed by atoms with E-state index in [2.05, 4.69) is 0 Å². The number of hydrogen-bond donors (Lipinski definition) is 1. The summed E-state index contributed by atoms with van der Waals surface area (Å²) in [5.41, 5.74) is 6.90. The lowest BCUT2D eigenvalue weighted by Gasteiger charge is -2.17. The molecule has 0 saturated carbocycles. The molecule has 0 aliphatic carbocycles. The Bertz CT molecular complexity index is 359. The van der Waals surface area contributed by atoms with Crippen LogP contribution in [0.2, 0.25) is 0 Å². The van der Waals surface area contributed by atoms with Gasteiger partial charge in [0.2, 0.25) is 0 Å². The van der Waals surface area contributed by atoms with E-state index in [1.807, 2.05) is 30.3 Å². The van der Waals surface area contributed by atoms with Gasteiger partial charge in [-0.25, -0.2) is 4.79 Å². The minimum absolute atomic E-state index is 0.279. The Morgan fingerprint density at radius 3 is 2.57 bits per heavy atom. The van der Waals surface area contributed by atoms with Crippen LogP contribution in [0, 0.1) is 0 Å². The normalized spacial score (nSPS) is 22.1. The molecule has 1 aromatic rings. The lowest BCUT2D eigenvalue weighted by atomic mass is 10.0. The maximum absolute atomic E-state index is 10.8.